The van der Waals surface area contributed by atoms with Crippen LogP contribution in [0.25, 0.3) is 0 Å². The zero-order chi connectivity index (χ0) is 9.54. The molecule has 0 nitrogen and oxygen atoms in total. The van der Waals surface area contributed by atoms with Crippen molar-refractivity contribution < 1.29 is 0 Å². The zero-order valence-corrected chi connectivity index (χ0v) is 8.87. The van der Waals surface area contributed by atoms with Crippen molar-refractivity contribution in [2.45, 2.75) is 38.5 Å². The molecule has 0 saturated heterocycles. The lowest BCUT2D eigenvalue weighted by atomic mass is 9.75. The molecule has 3 unspecified atom stereocenters. The summed E-state index contributed by atoms with van der Waals surface area (Å²) < 4.78 is 0. The molecule has 3 rings (SSSR count). The maximum Gasteiger partial charge on any atom is -0.0125 e. The van der Waals surface area contributed by atoms with Gasteiger partial charge in [-0.2, -0.15) is 0 Å². The highest BCUT2D eigenvalue weighted by atomic mass is 14.4. The maximum absolute atomic E-state index is 2.41. The zero-order valence-electron chi connectivity index (χ0n) is 8.87. The predicted molar refractivity (Wildman–Crippen MR) is 59.4 cm³/mol. The van der Waals surface area contributed by atoms with E-state index in [9.17, 15) is 0 Å². The number of benzene rings is 1. The molecule has 14 heavy (non-hydrogen) atoms. The highest BCUT2D eigenvalue weighted by molar-refractivity contribution is 5.36. The van der Waals surface area contributed by atoms with Gasteiger partial charge in [-0.15, -0.1) is 0 Å². The summed E-state index contributed by atoms with van der Waals surface area (Å²) in [7, 11) is 0. The Kier molecular flexibility index (Phi) is 1.90. The molecular formula is C14H18. The maximum atomic E-state index is 2.41. The fourth-order valence-electron chi connectivity index (χ4n) is 3.43. The first-order chi connectivity index (χ1) is 6.84. The predicted octanol–water partition coefficient (Wildman–Crippen LogP) is 3.76. The van der Waals surface area contributed by atoms with Crippen molar-refractivity contribution in [1.82, 2.24) is 0 Å². The van der Waals surface area contributed by atoms with Crippen LogP contribution in [-0.4, -0.2) is 0 Å². The smallest absolute Gasteiger partial charge is 0.0125 e. The lowest BCUT2D eigenvalue weighted by Gasteiger charge is -2.30. The molecule has 0 bridgehead atoms. The summed E-state index contributed by atoms with van der Waals surface area (Å²) in [5, 5.41) is 0. The minimum Gasteiger partial charge on any atom is -0.0625 e. The number of hydrogen-bond donors (Lipinski definition) is 0. The first-order valence-corrected chi connectivity index (χ1v) is 5.92. The third kappa shape index (κ3) is 1.20. The quantitative estimate of drug-likeness (QED) is 0.578. The summed E-state index contributed by atoms with van der Waals surface area (Å²) >= 11 is 0. The molecule has 0 spiro atoms. The molecule has 0 amide bonds. The van der Waals surface area contributed by atoms with E-state index in [4.69, 9.17) is 0 Å². The summed E-state index contributed by atoms with van der Waals surface area (Å²) in [6.45, 7) is 2.41. The first kappa shape index (κ1) is 8.52. The number of fused-ring (bicyclic) bond motifs is 3. The third-order valence-electron chi connectivity index (χ3n) is 4.19. The normalized spacial score (nSPS) is 35.1. The number of hydrogen-bond acceptors (Lipinski definition) is 0. The highest BCUT2D eigenvalue weighted by Crippen LogP contribution is 2.47. The van der Waals surface area contributed by atoms with Crippen LogP contribution in [0.3, 0.4) is 0 Å². The Bertz CT molecular complexity index is 340. The van der Waals surface area contributed by atoms with Gasteiger partial charge < -0.3 is 0 Å². The molecule has 0 radical (unpaired) electrons. The Morgan fingerprint density at radius 3 is 2.93 bits per heavy atom. The molecule has 1 fully saturated rings. The Labute approximate surface area is 86.3 Å². The average molecular weight is 186 g/mol. The van der Waals surface area contributed by atoms with Crippen LogP contribution in [-0.2, 0) is 6.42 Å². The molecular weight excluding hydrogens is 168 g/mol. The van der Waals surface area contributed by atoms with Crippen molar-refractivity contribution in [2.75, 3.05) is 0 Å². The van der Waals surface area contributed by atoms with Gasteiger partial charge in [0, 0.05) is 0 Å². The van der Waals surface area contributed by atoms with E-state index >= 15 is 0 Å². The average Bonchev–Trinajstić information content (AvgIpc) is 2.56. The molecule has 3 atom stereocenters. The monoisotopic (exact) mass is 186 g/mol. The molecule has 1 saturated carbocycles. The Morgan fingerprint density at radius 1 is 1.14 bits per heavy atom. The van der Waals surface area contributed by atoms with Crippen LogP contribution in [0.5, 0.6) is 0 Å². The largest absolute Gasteiger partial charge is 0.0625 e. The Balaban J connectivity index is 1.97. The van der Waals surface area contributed by atoms with Crippen LogP contribution >= 0.6 is 0 Å². The van der Waals surface area contributed by atoms with Crippen molar-refractivity contribution in [2.24, 2.45) is 11.8 Å². The molecule has 0 aliphatic heterocycles. The lowest BCUT2D eigenvalue weighted by Crippen LogP contribution is -2.18. The topological polar surface area (TPSA) is 0 Å². The summed E-state index contributed by atoms with van der Waals surface area (Å²) in [6, 6.07) is 9.09. The summed E-state index contributed by atoms with van der Waals surface area (Å²) in [6.07, 6.45) is 5.70. The molecule has 0 heterocycles. The summed E-state index contributed by atoms with van der Waals surface area (Å²) in [5.74, 6) is 2.82. The molecule has 0 aromatic heterocycles. The minimum atomic E-state index is 0.898. The Morgan fingerprint density at radius 2 is 2.00 bits per heavy atom. The fraction of sp³-hybridized carbons (Fsp3) is 0.571. The van der Waals surface area contributed by atoms with Crippen molar-refractivity contribution in [3.8, 4) is 0 Å². The number of rotatable bonds is 0. The molecule has 74 valence electrons. The van der Waals surface area contributed by atoms with Gasteiger partial charge >= 0.3 is 0 Å². The summed E-state index contributed by atoms with van der Waals surface area (Å²) in [5.41, 5.74) is 3.31. The van der Waals surface area contributed by atoms with Crippen LogP contribution in [0.15, 0.2) is 24.3 Å². The van der Waals surface area contributed by atoms with Crippen LogP contribution < -0.4 is 0 Å². The second kappa shape index (κ2) is 3.12. The van der Waals surface area contributed by atoms with Gasteiger partial charge in [0.15, 0.2) is 0 Å². The standard InChI is InChI=1S/C14H18/c1-10-6-7-12-9-11-4-2-3-5-13(11)14(12)8-10/h2-5,10,12,14H,6-9H2,1H3. The van der Waals surface area contributed by atoms with Crippen molar-refractivity contribution >= 4 is 0 Å². The molecule has 0 N–H and O–H groups in total. The molecule has 1 aromatic carbocycles. The van der Waals surface area contributed by atoms with Crippen molar-refractivity contribution in [1.29, 1.82) is 0 Å². The van der Waals surface area contributed by atoms with Gasteiger partial charge in [-0.25, -0.2) is 0 Å². The van der Waals surface area contributed by atoms with Crippen molar-refractivity contribution in [3.63, 3.8) is 0 Å². The molecule has 0 heteroatoms. The van der Waals surface area contributed by atoms with Gasteiger partial charge in [-0.3, -0.25) is 0 Å². The van der Waals surface area contributed by atoms with Crippen molar-refractivity contribution in [3.05, 3.63) is 35.4 Å². The SMILES string of the molecule is CC1CCC2Cc3ccccc3C2C1. The van der Waals surface area contributed by atoms with Crippen LogP contribution in [0.4, 0.5) is 0 Å². The Hall–Kier alpha value is -0.780. The van der Waals surface area contributed by atoms with Gasteiger partial charge in [0.2, 0.25) is 0 Å². The highest BCUT2D eigenvalue weighted by Gasteiger charge is 2.35. The van der Waals surface area contributed by atoms with Crippen LogP contribution in [0.1, 0.15) is 43.2 Å². The lowest BCUT2D eigenvalue weighted by molar-refractivity contribution is 0.265. The van der Waals surface area contributed by atoms with E-state index in [2.05, 4.69) is 31.2 Å². The molecule has 2 aliphatic carbocycles. The van der Waals surface area contributed by atoms with Crippen LogP contribution in [0.2, 0.25) is 0 Å². The fourth-order valence-corrected chi connectivity index (χ4v) is 3.43. The van der Waals surface area contributed by atoms with Crippen LogP contribution in [0, 0.1) is 11.8 Å². The van der Waals surface area contributed by atoms with E-state index in [0.717, 1.165) is 17.8 Å². The molecule has 2 aliphatic rings. The second-order valence-electron chi connectivity index (χ2n) is 5.19. The third-order valence-corrected chi connectivity index (χ3v) is 4.19. The molecule has 1 aromatic rings. The first-order valence-electron chi connectivity index (χ1n) is 5.92. The van der Waals surface area contributed by atoms with Gasteiger partial charge in [-0.05, 0) is 48.1 Å². The van der Waals surface area contributed by atoms with Gasteiger partial charge in [0.05, 0.1) is 0 Å². The van der Waals surface area contributed by atoms with E-state index in [1.807, 2.05) is 0 Å². The van der Waals surface area contributed by atoms with Gasteiger partial charge in [0.1, 0.15) is 0 Å². The van der Waals surface area contributed by atoms with E-state index in [1.165, 1.54) is 25.7 Å². The van der Waals surface area contributed by atoms with Gasteiger partial charge in [0.25, 0.3) is 0 Å². The summed E-state index contributed by atoms with van der Waals surface area (Å²) in [4.78, 5) is 0. The van der Waals surface area contributed by atoms with E-state index in [-0.39, 0.29) is 0 Å². The minimum absolute atomic E-state index is 0.898. The van der Waals surface area contributed by atoms with E-state index in [0.29, 0.717) is 0 Å². The van der Waals surface area contributed by atoms with E-state index < -0.39 is 0 Å². The second-order valence-corrected chi connectivity index (χ2v) is 5.19. The van der Waals surface area contributed by atoms with Gasteiger partial charge in [-0.1, -0.05) is 37.6 Å². The van der Waals surface area contributed by atoms with E-state index in [1.54, 1.807) is 11.1 Å².